The number of nitrogens with one attached hydrogen (secondary N) is 1. The first-order valence-electron chi connectivity index (χ1n) is 8.08. The van der Waals surface area contributed by atoms with Crippen molar-refractivity contribution in [2.24, 2.45) is 0 Å². The Morgan fingerprint density at radius 3 is 2.85 bits per heavy atom. The molecule has 1 aromatic heterocycles. The molecule has 1 aromatic carbocycles. The molecule has 1 amide bonds. The van der Waals surface area contributed by atoms with Crippen LogP contribution >= 0.6 is 11.8 Å². The molecule has 1 atom stereocenters. The summed E-state index contributed by atoms with van der Waals surface area (Å²) in [7, 11) is 1.64. The van der Waals surface area contributed by atoms with Crippen molar-refractivity contribution in [2.75, 3.05) is 19.0 Å². The number of nitro benzene ring substituents is 1. The molecule has 9 heteroatoms. The SMILES string of the molecule is COCCn1c(SC(C)C(=O)Nc2cccc([N+](=O)[O-])c2)nc(C)c1C. The van der Waals surface area contributed by atoms with E-state index in [2.05, 4.69) is 10.3 Å². The molecule has 0 bridgehead atoms. The van der Waals surface area contributed by atoms with E-state index in [1.165, 1.54) is 30.0 Å². The zero-order chi connectivity index (χ0) is 19.3. The van der Waals surface area contributed by atoms with Crippen LogP contribution in [0.15, 0.2) is 29.4 Å². The van der Waals surface area contributed by atoms with Gasteiger partial charge in [-0.3, -0.25) is 14.9 Å². The number of aromatic nitrogens is 2. The summed E-state index contributed by atoms with van der Waals surface area (Å²) in [5.74, 6) is -0.243. The summed E-state index contributed by atoms with van der Waals surface area (Å²) in [4.78, 5) is 27.3. The van der Waals surface area contributed by atoms with Crippen LogP contribution in [0, 0.1) is 24.0 Å². The Bertz CT molecular complexity index is 806. The lowest BCUT2D eigenvalue weighted by Gasteiger charge is -2.14. The third-order valence-electron chi connectivity index (χ3n) is 3.92. The van der Waals surface area contributed by atoms with E-state index in [9.17, 15) is 14.9 Å². The third-order valence-corrected chi connectivity index (χ3v) is 5.01. The van der Waals surface area contributed by atoms with Crippen LogP contribution in [0.4, 0.5) is 11.4 Å². The van der Waals surface area contributed by atoms with E-state index < -0.39 is 10.2 Å². The van der Waals surface area contributed by atoms with Crippen molar-refractivity contribution in [1.82, 2.24) is 9.55 Å². The van der Waals surface area contributed by atoms with E-state index >= 15 is 0 Å². The average Bonchev–Trinajstić information content (AvgIpc) is 2.86. The number of amides is 1. The van der Waals surface area contributed by atoms with Gasteiger partial charge in [0, 0.05) is 37.2 Å². The van der Waals surface area contributed by atoms with Gasteiger partial charge in [-0.15, -0.1) is 0 Å². The Labute approximate surface area is 156 Å². The summed E-state index contributed by atoms with van der Waals surface area (Å²) in [6.07, 6.45) is 0. The molecule has 1 heterocycles. The first kappa shape index (κ1) is 19.9. The first-order chi connectivity index (χ1) is 12.3. The molecule has 0 aliphatic heterocycles. The molecule has 8 nitrogen and oxygen atoms in total. The van der Waals surface area contributed by atoms with Gasteiger partial charge >= 0.3 is 0 Å². The number of non-ortho nitro benzene ring substituents is 1. The van der Waals surface area contributed by atoms with E-state index in [-0.39, 0.29) is 11.6 Å². The number of carbonyl (C=O) groups excluding carboxylic acids is 1. The van der Waals surface area contributed by atoms with Crippen molar-refractivity contribution in [2.45, 2.75) is 37.7 Å². The number of nitrogens with zero attached hydrogens (tertiary/aromatic N) is 3. The number of hydrogen-bond donors (Lipinski definition) is 1. The Morgan fingerprint density at radius 2 is 2.19 bits per heavy atom. The standard InChI is InChI=1S/C17H22N4O4S/c1-11-12(2)20(8-9-25-4)17(18-11)26-13(3)16(22)19-14-6-5-7-15(10-14)21(23)24/h5-7,10,13H,8-9H2,1-4H3,(H,19,22). The van der Waals surface area contributed by atoms with E-state index in [1.54, 1.807) is 20.1 Å². The number of imidazole rings is 1. The van der Waals surface area contributed by atoms with Crippen LogP contribution in [-0.2, 0) is 16.1 Å². The van der Waals surface area contributed by atoms with Gasteiger partial charge in [-0.2, -0.15) is 0 Å². The van der Waals surface area contributed by atoms with Crippen LogP contribution in [0.3, 0.4) is 0 Å². The molecular weight excluding hydrogens is 356 g/mol. The molecule has 0 aliphatic rings. The van der Waals surface area contributed by atoms with Crippen molar-refractivity contribution in [3.8, 4) is 0 Å². The van der Waals surface area contributed by atoms with Gasteiger partial charge in [-0.1, -0.05) is 17.8 Å². The fourth-order valence-corrected chi connectivity index (χ4v) is 3.34. The van der Waals surface area contributed by atoms with Crippen LogP contribution in [-0.4, -0.2) is 39.3 Å². The minimum Gasteiger partial charge on any atom is -0.383 e. The van der Waals surface area contributed by atoms with Crippen molar-refractivity contribution < 1.29 is 14.5 Å². The van der Waals surface area contributed by atoms with Gasteiger partial charge in [0.05, 0.1) is 22.5 Å². The van der Waals surface area contributed by atoms with Gasteiger partial charge in [0.2, 0.25) is 5.91 Å². The molecule has 0 aliphatic carbocycles. The number of rotatable bonds is 8. The molecule has 0 saturated heterocycles. The second-order valence-electron chi connectivity index (χ2n) is 5.77. The largest absolute Gasteiger partial charge is 0.383 e. The highest BCUT2D eigenvalue weighted by molar-refractivity contribution is 8.00. The molecule has 140 valence electrons. The lowest BCUT2D eigenvalue weighted by Crippen LogP contribution is -2.23. The summed E-state index contributed by atoms with van der Waals surface area (Å²) in [5.41, 5.74) is 2.28. The molecular formula is C17H22N4O4S. The number of anilines is 1. The number of thioether (sulfide) groups is 1. The normalized spacial score (nSPS) is 12.0. The van der Waals surface area contributed by atoms with Crippen LogP contribution in [0.1, 0.15) is 18.3 Å². The summed E-state index contributed by atoms with van der Waals surface area (Å²) in [6.45, 7) is 6.90. The predicted molar refractivity (Wildman–Crippen MR) is 101 cm³/mol. The number of benzene rings is 1. The minimum absolute atomic E-state index is 0.0653. The molecule has 0 fully saturated rings. The summed E-state index contributed by atoms with van der Waals surface area (Å²) >= 11 is 1.34. The number of methoxy groups -OCH3 is 1. The van der Waals surface area contributed by atoms with Crippen molar-refractivity contribution >= 4 is 29.0 Å². The van der Waals surface area contributed by atoms with Crippen molar-refractivity contribution in [1.29, 1.82) is 0 Å². The molecule has 1 unspecified atom stereocenters. The van der Waals surface area contributed by atoms with Crippen LogP contribution in [0.25, 0.3) is 0 Å². The fourth-order valence-electron chi connectivity index (χ4n) is 2.31. The zero-order valence-corrected chi connectivity index (χ0v) is 16.0. The number of hydrogen-bond acceptors (Lipinski definition) is 6. The molecule has 1 N–H and O–H groups in total. The predicted octanol–water partition coefficient (Wildman–Crippen LogP) is 3.17. The maximum atomic E-state index is 12.5. The van der Waals surface area contributed by atoms with Gasteiger partial charge in [-0.25, -0.2) is 4.98 Å². The zero-order valence-electron chi connectivity index (χ0n) is 15.2. The Balaban J connectivity index is 2.09. The van der Waals surface area contributed by atoms with E-state index in [0.29, 0.717) is 18.8 Å². The summed E-state index contributed by atoms with van der Waals surface area (Å²) < 4.78 is 7.16. The lowest BCUT2D eigenvalue weighted by atomic mass is 10.2. The third kappa shape index (κ3) is 4.83. The van der Waals surface area contributed by atoms with E-state index in [1.807, 2.05) is 18.4 Å². The van der Waals surface area contributed by atoms with Gasteiger partial charge < -0.3 is 14.6 Å². The average molecular weight is 378 g/mol. The first-order valence-corrected chi connectivity index (χ1v) is 8.96. The van der Waals surface area contributed by atoms with E-state index in [0.717, 1.165) is 16.5 Å². The van der Waals surface area contributed by atoms with Gasteiger partial charge in [0.15, 0.2) is 5.16 Å². The number of carbonyl (C=O) groups is 1. The molecule has 26 heavy (non-hydrogen) atoms. The molecule has 0 spiro atoms. The maximum Gasteiger partial charge on any atom is 0.271 e. The molecule has 0 saturated carbocycles. The number of aryl methyl sites for hydroxylation is 1. The van der Waals surface area contributed by atoms with Gasteiger partial charge in [-0.05, 0) is 26.8 Å². The molecule has 2 aromatic rings. The fraction of sp³-hybridized carbons (Fsp3) is 0.412. The second-order valence-corrected chi connectivity index (χ2v) is 7.07. The smallest absolute Gasteiger partial charge is 0.271 e. The minimum atomic E-state index is -0.494. The van der Waals surface area contributed by atoms with Crippen molar-refractivity contribution in [3.05, 3.63) is 45.8 Å². The van der Waals surface area contributed by atoms with E-state index in [4.69, 9.17) is 4.74 Å². The number of ether oxygens (including phenoxy) is 1. The molecule has 0 radical (unpaired) electrons. The Hall–Kier alpha value is -2.39. The van der Waals surface area contributed by atoms with Crippen LogP contribution in [0.5, 0.6) is 0 Å². The second kappa shape index (κ2) is 8.81. The van der Waals surface area contributed by atoms with Crippen molar-refractivity contribution in [3.63, 3.8) is 0 Å². The number of nitro groups is 1. The topological polar surface area (TPSA) is 99.3 Å². The van der Waals surface area contributed by atoms with Gasteiger partial charge in [0.1, 0.15) is 0 Å². The quantitative estimate of drug-likeness (QED) is 0.430. The maximum absolute atomic E-state index is 12.5. The summed E-state index contributed by atoms with van der Waals surface area (Å²) in [6, 6.07) is 5.88. The highest BCUT2D eigenvalue weighted by Crippen LogP contribution is 2.26. The molecule has 2 rings (SSSR count). The highest BCUT2D eigenvalue weighted by atomic mass is 32.2. The lowest BCUT2D eigenvalue weighted by molar-refractivity contribution is -0.384. The Morgan fingerprint density at radius 1 is 1.46 bits per heavy atom. The summed E-state index contributed by atoms with van der Waals surface area (Å²) in [5, 5.41) is 13.9. The van der Waals surface area contributed by atoms with Crippen LogP contribution < -0.4 is 5.32 Å². The highest BCUT2D eigenvalue weighted by Gasteiger charge is 2.20. The van der Waals surface area contributed by atoms with Crippen LogP contribution in [0.2, 0.25) is 0 Å². The van der Waals surface area contributed by atoms with Gasteiger partial charge in [0.25, 0.3) is 5.69 Å². The Kier molecular flexibility index (Phi) is 6.76. The monoisotopic (exact) mass is 378 g/mol.